The van der Waals surface area contributed by atoms with Gasteiger partial charge in [0.2, 0.25) is 0 Å². The van der Waals surface area contributed by atoms with E-state index in [0.29, 0.717) is 5.82 Å². The van der Waals surface area contributed by atoms with Gasteiger partial charge in [0, 0.05) is 17.2 Å². The van der Waals surface area contributed by atoms with E-state index in [9.17, 15) is 0 Å². The molecule has 0 unspecified atom stereocenters. The molecule has 3 heteroatoms. The van der Waals surface area contributed by atoms with Crippen LogP contribution in [0.5, 0.6) is 0 Å². The van der Waals surface area contributed by atoms with E-state index < -0.39 is 0 Å². The molecule has 1 atom stereocenters. The van der Waals surface area contributed by atoms with Crippen LogP contribution in [0.1, 0.15) is 31.0 Å². The van der Waals surface area contributed by atoms with Crippen molar-refractivity contribution in [1.82, 2.24) is 9.97 Å². The van der Waals surface area contributed by atoms with E-state index in [1.54, 1.807) is 0 Å². The summed E-state index contributed by atoms with van der Waals surface area (Å²) in [5, 5.41) is 0. The average molecular weight is 177 g/mol. The molecule has 0 radical (unpaired) electrons. The highest BCUT2D eigenvalue weighted by Crippen LogP contribution is 2.23. The Morgan fingerprint density at radius 1 is 1.62 bits per heavy atom. The molecule has 1 aromatic heterocycles. The third kappa shape index (κ3) is 1.86. The van der Waals surface area contributed by atoms with Crippen molar-refractivity contribution in [2.75, 3.05) is 5.73 Å². The smallest absolute Gasteiger partial charge is 0.130 e. The van der Waals surface area contributed by atoms with E-state index in [1.165, 1.54) is 6.33 Å². The van der Waals surface area contributed by atoms with Gasteiger partial charge in [0.15, 0.2) is 0 Å². The summed E-state index contributed by atoms with van der Waals surface area (Å²) in [5.74, 6) is 0.787. The van der Waals surface area contributed by atoms with Crippen LogP contribution in [0.2, 0.25) is 0 Å². The minimum atomic E-state index is 0.219. The molecule has 0 saturated heterocycles. The number of aryl methyl sites for hydroxylation is 1. The van der Waals surface area contributed by atoms with Crippen LogP contribution in [0.3, 0.4) is 0 Å². The summed E-state index contributed by atoms with van der Waals surface area (Å²) in [6, 6.07) is 0. The highest BCUT2D eigenvalue weighted by atomic mass is 14.9. The van der Waals surface area contributed by atoms with Gasteiger partial charge in [0.05, 0.1) is 0 Å². The standard InChI is InChI=1S/C10H15N3/c1-4-7(3)9-8(5-2)12-6-13-10(9)11/h4,6-7H,1,5H2,2-3H3,(H2,11,12,13)/t7-/m1/s1. The van der Waals surface area contributed by atoms with Crippen molar-refractivity contribution in [3.05, 3.63) is 30.2 Å². The molecule has 0 aliphatic carbocycles. The monoisotopic (exact) mass is 177 g/mol. The Kier molecular flexibility index (Phi) is 3.01. The van der Waals surface area contributed by atoms with Crippen LogP contribution < -0.4 is 5.73 Å². The highest BCUT2D eigenvalue weighted by molar-refractivity contribution is 5.45. The van der Waals surface area contributed by atoms with Gasteiger partial charge in [-0.25, -0.2) is 9.97 Å². The Morgan fingerprint density at radius 3 is 2.85 bits per heavy atom. The summed E-state index contributed by atoms with van der Waals surface area (Å²) < 4.78 is 0. The zero-order valence-electron chi connectivity index (χ0n) is 8.12. The fourth-order valence-corrected chi connectivity index (χ4v) is 1.34. The molecule has 13 heavy (non-hydrogen) atoms. The van der Waals surface area contributed by atoms with Crippen molar-refractivity contribution < 1.29 is 0 Å². The molecule has 2 N–H and O–H groups in total. The summed E-state index contributed by atoms with van der Waals surface area (Å²) in [5.41, 5.74) is 7.80. The number of aromatic nitrogens is 2. The Hall–Kier alpha value is -1.38. The lowest BCUT2D eigenvalue weighted by Crippen LogP contribution is -2.06. The molecule has 0 fully saturated rings. The molecule has 1 rings (SSSR count). The average Bonchev–Trinajstić information content (AvgIpc) is 2.16. The zero-order chi connectivity index (χ0) is 9.84. The Morgan fingerprint density at radius 2 is 2.31 bits per heavy atom. The first-order valence-corrected chi connectivity index (χ1v) is 4.42. The van der Waals surface area contributed by atoms with Crippen LogP contribution in [0, 0.1) is 0 Å². The quantitative estimate of drug-likeness (QED) is 0.717. The predicted octanol–water partition coefficient (Wildman–Crippen LogP) is 1.91. The van der Waals surface area contributed by atoms with Crippen LogP contribution in [0.25, 0.3) is 0 Å². The molecule has 0 aliphatic heterocycles. The number of anilines is 1. The fourth-order valence-electron chi connectivity index (χ4n) is 1.34. The van der Waals surface area contributed by atoms with Crippen LogP contribution in [0.4, 0.5) is 5.82 Å². The summed E-state index contributed by atoms with van der Waals surface area (Å²) >= 11 is 0. The maximum Gasteiger partial charge on any atom is 0.130 e. The first kappa shape index (κ1) is 9.71. The van der Waals surface area contributed by atoms with E-state index in [0.717, 1.165) is 17.7 Å². The van der Waals surface area contributed by atoms with Crippen molar-refractivity contribution in [3.63, 3.8) is 0 Å². The number of nitrogens with two attached hydrogens (primary N) is 1. The van der Waals surface area contributed by atoms with E-state index in [2.05, 4.69) is 23.5 Å². The topological polar surface area (TPSA) is 51.8 Å². The molecule has 1 aromatic rings. The van der Waals surface area contributed by atoms with E-state index in [-0.39, 0.29) is 5.92 Å². The van der Waals surface area contributed by atoms with Gasteiger partial charge in [-0.15, -0.1) is 6.58 Å². The summed E-state index contributed by atoms with van der Waals surface area (Å²) in [6.45, 7) is 7.84. The van der Waals surface area contributed by atoms with Gasteiger partial charge in [0.1, 0.15) is 12.1 Å². The molecule has 1 heterocycles. The molecule has 70 valence electrons. The molecule has 0 aromatic carbocycles. The van der Waals surface area contributed by atoms with E-state index >= 15 is 0 Å². The maximum atomic E-state index is 5.77. The van der Waals surface area contributed by atoms with Gasteiger partial charge >= 0.3 is 0 Å². The van der Waals surface area contributed by atoms with Crippen LogP contribution in [-0.2, 0) is 6.42 Å². The molecule has 3 nitrogen and oxygen atoms in total. The van der Waals surface area contributed by atoms with Crippen LogP contribution >= 0.6 is 0 Å². The summed E-state index contributed by atoms with van der Waals surface area (Å²) in [6.07, 6.45) is 4.24. The fraction of sp³-hybridized carbons (Fsp3) is 0.400. The van der Waals surface area contributed by atoms with Crippen molar-refractivity contribution in [2.24, 2.45) is 0 Å². The van der Waals surface area contributed by atoms with E-state index in [4.69, 9.17) is 5.73 Å². The molecule has 0 spiro atoms. The summed E-state index contributed by atoms with van der Waals surface area (Å²) in [7, 11) is 0. The third-order valence-corrected chi connectivity index (χ3v) is 2.14. The number of nitrogen functional groups attached to an aromatic ring is 1. The molecule has 0 aliphatic rings. The lowest BCUT2D eigenvalue weighted by atomic mass is 9.99. The van der Waals surface area contributed by atoms with Gasteiger partial charge in [-0.2, -0.15) is 0 Å². The molecular weight excluding hydrogens is 162 g/mol. The normalized spacial score (nSPS) is 12.5. The SMILES string of the molecule is C=C[C@@H](C)c1c(N)ncnc1CC. The second-order valence-electron chi connectivity index (χ2n) is 3.00. The Bertz CT molecular complexity index is 307. The molecular formula is C10H15N3. The van der Waals surface area contributed by atoms with Crippen molar-refractivity contribution in [3.8, 4) is 0 Å². The summed E-state index contributed by atoms with van der Waals surface area (Å²) in [4.78, 5) is 8.16. The zero-order valence-corrected chi connectivity index (χ0v) is 8.12. The van der Waals surface area contributed by atoms with Crippen molar-refractivity contribution in [2.45, 2.75) is 26.2 Å². The van der Waals surface area contributed by atoms with Gasteiger partial charge in [0.25, 0.3) is 0 Å². The first-order valence-electron chi connectivity index (χ1n) is 4.42. The third-order valence-electron chi connectivity index (χ3n) is 2.14. The van der Waals surface area contributed by atoms with Crippen molar-refractivity contribution in [1.29, 1.82) is 0 Å². The molecule has 0 saturated carbocycles. The number of hydrogen-bond donors (Lipinski definition) is 1. The second kappa shape index (κ2) is 4.03. The number of nitrogens with zero attached hydrogens (tertiary/aromatic N) is 2. The van der Waals surface area contributed by atoms with Crippen molar-refractivity contribution >= 4 is 5.82 Å². The lowest BCUT2D eigenvalue weighted by molar-refractivity contribution is 0.877. The predicted molar refractivity (Wildman–Crippen MR) is 54.4 cm³/mol. The number of hydrogen-bond acceptors (Lipinski definition) is 3. The van der Waals surface area contributed by atoms with Gasteiger partial charge in [-0.3, -0.25) is 0 Å². The van der Waals surface area contributed by atoms with Gasteiger partial charge in [-0.05, 0) is 6.42 Å². The molecule has 0 amide bonds. The minimum absolute atomic E-state index is 0.219. The number of allylic oxidation sites excluding steroid dienone is 1. The Labute approximate surface area is 78.7 Å². The first-order chi connectivity index (χ1) is 6.20. The van der Waals surface area contributed by atoms with Gasteiger partial charge in [-0.1, -0.05) is 19.9 Å². The maximum absolute atomic E-state index is 5.77. The lowest BCUT2D eigenvalue weighted by Gasteiger charge is -2.12. The number of rotatable bonds is 3. The minimum Gasteiger partial charge on any atom is -0.383 e. The molecule has 0 bridgehead atoms. The van der Waals surface area contributed by atoms with Gasteiger partial charge < -0.3 is 5.73 Å². The second-order valence-corrected chi connectivity index (χ2v) is 3.00. The van der Waals surface area contributed by atoms with Crippen LogP contribution in [-0.4, -0.2) is 9.97 Å². The highest BCUT2D eigenvalue weighted by Gasteiger charge is 2.11. The van der Waals surface area contributed by atoms with Crippen LogP contribution in [0.15, 0.2) is 19.0 Å². The Balaban J connectivity index is 3.22. The van der Waals surface area contributed by atoms with E-state index in [1.807, 2.05) is 13.0 Å². The largest absolute Gasteiger partial charge is 0.383 e.